The zero-order chi connectivity index (χ0) is 10.7. The number of aromatic nitrogens is 2. The molecule has 0 unspecified atom stereocenters. The SMILES string of the molecule is Br.CCCCn1c(CC)nc2ccccc21. The van der Waals surface area contributed by atoms with Crippen molar-refractivity contribution in [2.24, 2.45) is 0 Å². The smallest absolute Gasteiger partial charge is 0.109 e. The summed E-state index contributed by atoms with van der Waals surface area (Å²) in [6.45, 7) is 5.49. The van der Waals surface area contributed by atoms with E-state index in [9.17, 15) is 0 Å². The number of fused-ring (bicyclic) bond motifs is 1. The lowest BCUT2D eigenvalue weighted by molar-refractivity contribution is 0.620. The highest BCUT2D eigenvalue weighted by molar-refractivity contribution is 8.93. The normalized spacial score (nSPS) is 10.4. The van der Waals surface area contributed by atoms with E-state index in [0.29, 0.717) is 0 Å². The number of hydrogen-bond acceptors (Lipinski definition) is 1. The van der Waals surface area contributed by atoms with E-state index in [1.54, 1.807) is 0 Å². The molecule has 0 amide bonds. The van der Waals surface area contributed by atoms with Gasteiger partial charge in [0.15, 0.2) is 0 Å². The molecule has 0 N–H and O–H groups in total. The number of hydrogen-bond donors (Lipinski definition) is 0. The Balaban J connectivity index is 0.00000128. The summed E-state index contributed by atoms with van der Waals surface area (Å²) in [4.78, 5) is 4.65. The number of aryl methyl sites for hydroxylation is 2. The lowest BCUT2D eigenvalue weighted by atomic mass is 10.3. The molecule has 0 saturated heterocycles. The Morgan fingerprint density at radius 1 is 1.19 bits per heavy atom. The van der Waals surface area contributed by atoms with Crippen molar-refractivity contribution < 1.29 is 0 Å². The van der Waals surface area contributed by atoms with Gasteiger partial charge >= 0.3 is 0 Å². The van der Waals surface area contributed by atoms with Crippen LogP contribution in [0.2, 0.25) is 0 Å². The van der Waals surface area contributed by atoms with Gasteiger partial charge in [-0.25, -0.2) is 4.98 Å². The highest BCUT2D eigenvalue weighted by Crippen LogP contribution is 2.17. The van der Waals surface area contributed by atoms with E-state index in [4.69, 9.17) is 0 Å². The summed E-state index contributed by atoms with van der Waals surface area (Å²) in [5.74, 6) is 1.21. The van der Waals surface area contributed by atoms with Crippen LogP contribution in [0.1, 0.15) is 32.5 Å². The van der Waals surface area contributed by atoms with E-state index in [-0.39, 0.29) is 17.0 Å². The standard InChI is InChI=1S/C13H18N2.BrH/c1-3-5-10-15-12-9-7-6-8-11(12)14-13(15)4-2;/h6-9H,3-5,10H2,1-2H3;1H. The number of nitrogens with zero attached hydrogens (tertiary/aromatic N) is 2. The number of halogens is 1. The summed E-state index contributed by atoms with van der Waals surface area (Å²) >= 11 is 0. The molecule has 1 aromatic heterocycles. The molecule has 0 fully saturated rings. The Morgan fingerprint density at radius 3 is 2.62 bits per heavy atom. The lowest BCUT2D eigenvalue weighted by Crippen LogP contribution is -2.02. The van der Waals surface area contributed by atoms with E-state index in [2.05, 4.69) is 47.7 Å². The van der Waals surface area contributed by atoms with Gasteiger partial charge in [-0.15, -0.1) is 17.0 Å². The molecule has 2 nitrogen and oxygen atoms in total. The average Bonchev–Trinajstić information content (AvgIpc) is 2.64. The summed E-state index contributed by atoms with van der Waals surface area (Å²) in [5.41, 5.74) is 2.41. The first-order chi connectivity index (χ1) is 7.36. The molecule has 2 rings (SSSR count). The first kappa shape index (κ1) is 13.2. The second kappa shape index (κ2) is 6.04. The minimum atomic E-state index is 0. The van der Waals surface area contributed by atoms with E-state index < -0.39 is 0 Å². The highest BCUT2D eigenvalue weighted by atomic mass is 79.9. The first-order valence-electron chi connectivity index (χ1n) is 5.81. The Hall–Kier alpha value is -0.830. The highest BCUT2D eigenvalue weighted by Gasteiger charge is 2.07. The Labute approximate surface area is 107 Å². The molecule has 1 aromatic carbocycles. The third-order valence-corrected chi connectivity index (χ3v) is 2.79. The summed E-state index contributed by atoms with van der Waals surface area (Å²) in [6, 6.07) is 8.40. The fraction of sp³-hybridized carbons (Fsp3) is 0.462. The van der Waals surface area contributed by atoms with Crippen LogP contribution in [-0.2, 0) is 13.0 Å². The monoisotopic (exact) mass is 282 g/mol. The minimum Gasteiger partial charge on any atom is -0.328 e. The average molecular weight is 283 g/mol. The van der Waals surface area contributed by atoms with Gasteiger partial charge in [0, 0.05) is 13.0 Å². The molecule has 0 atom stereocenters. The predicted molar refractivity (Wildman–Crippen MR) is 74.3 cm³/mol. The Bertz CT molecular complexity index is 448. The van der Waals surface area contributed by atoms with Crippen molar-refractivity contribution >= 4 is 28.0 Å². The van der Waals surface area contributed by atoms with E-state index in [1.807, 2.05) is 0 Å². The van der Waals surface area contributed by atoms with Gasteiger partial charge in [-0.05, 0) is 18.6 Å². The van der Waals surface area contributed by atoms with Crippen LogP contribution < -0.4 is 0 Å². The molecule has 0 aliphatic rings. The number of benzene rings is 1. The molecule has 88 valence electrons. The molecule has 0 spiro atoms. The van der Waals surface area contributed by atoms with Crippen LogP contribution in [0.5, 0.6) is 0 Å². The summed E-state index contributed by atoms with van der Waals surface area (Å²) < 4.78 is 2.36. The van der Waals surface area contributed by atoms with Gasteiger partial charge in [-0.1, -0.05) is 32.4 Å². The van der Waals surface area contributed by atoms with Crippen LogP contribution in [0.25, 0.3) is 11.0 Å². The predicted octanol–water partition coefficient (Wildman–Crippen LogP) is 3.98. The van der Waals surface area contributed by atoms with Crippen LogP contribution in [-0.4, -0.2) is 9.55 Å². The fourth-order valence-electron chi connectivity index (χ4n) is 1.96. The summed E-state index contributed by atoms with van der Waals surface area (Å²) in [5, 5.41) is 0. The molecule has 2 aromatic rings. The van der Waals surface area contributed by atoms with Gasteiger partial charge in [0.05, 0.1) is 11.0 Å². The number of unbranched alkanes of at least 4 members (excludes halogenated alkanes) is 1. The fourth-order valence-corrected chi connectivity index (χ4v) is 1.96. The van der Waals surface area contributed by atoms with Crippen molar-refractivity contribution in [3.8, 4) is 0 Å². The van der Waals surface area contributed by atoms with Crippen molar-refractivity contribution in [3.63, 3.8) is 0 Å². The van der Waals surface area contributed by atoms with Gasteiger partial charge in [-0.2, -0.15) is 0 Å². The Morgan fingerprint density at radius 2 is 1.94 bits per heavy atom. The molecule has 1 heterocycles. The molecule has 0 aliphatic heterocycles. The molecule has 0 radical (unpaired) electrons. The maximum atomic E-state index is 4.65. The third kappa shape index (κ3) is 2.46. The van der Waals surface area contributed by atoms with Gasteiger partial charge in [-0.3, -0.25) is 0 Å². The van der Waals surface area contributed by atoms with Crippen molar-refractivity contribution in [2.45, 2.75) is 39.7 Å². The number of imidazole rings is 1. The van der Waals surface area contributed by atoms with Crippen LogP contribution in [0.3, 0.4) is 0 Å². The molecular weight excluding hydrogens is 264 g/mol. The van der Waals surface area contributed by atoms with Crippen molar-refractivity contribution in [2.75, 3.05) is 0 Å². The van der Waals surface area contributed by atoms with E-state index in [1.165, 1.54) is 24.2 Å². The van der Waals surface area contributed by atoms with E-state index in [0.717, 1.165) is 18.5 Å². The quantitative estimate of drug-likeness (QED) is 0.830. The second-order valence-electron chi connectivity index (χ2n) is 3.88. The lowest BCUT2D eigenvalue weighted by Gasteiger charge is -2.06. The molecule has 16 heavy (non-hydrogen) atoms. The van der Waals surface area contributed by atoms with E-state index >= 15 is 0 Å². The van der Waals surface area contributed by atoms with Gasteiger partial charge in [0.2, 0.25) is 0 Å². The van der Waals surface area contributed by atoms with Crippen LogP contribution in [0.4, 0.5) is 0 Å². The van der Waals surface area contributed by atoms with Crippen molar-refractivity contribution in [3.05, 3.63) is 30.1 Å². The molecule has 0 aliphatic carbocycles. The molecule has 0 bridgehead atoms. The zero-order valence-electron chi connectivity index (χ0n) is 9.94. The largest absolute Gasteiger partial charge is 0.328 e. The molecule has 0 saturated carbocycles. The zero-order valence-corrected chi connectivity index (χ0v) is 11.7. The first-order valence-corrected chi connectivity index (χ1v) is 5.81. The maximum Gasteiger partial charge on any atom is 0.109 e. The summed E-state index contributed by atoms with van der Waals surface area (Å²) in [7, 11) is 0. The van der Waals surface area contributed by atoms with Crippen molar-refractivity contribution in [1.29, 1.82) is 0 Å². The molecule has 3 heteroatoms. The number of rotatable bonds is 4. The summed E-state index contributed by atoms with van der Waals surface area (Å²) in [6.07, 6.45) is 3.47. The van der Waals surface area contributed by atoms with Crippen LogP contribution in [0, 0.1) is 0 Å². The van der Waals surface area contributed by atoms with Crippen LogP contribution in [0.15, 0.2) is 24.3 Å². The maximum absolute atomic E-state index is 4.65. The van der Waals surface area contributed by atoms with Gasteiger partial charge in [0.1, 0.15) is 5.82 Å². The molecular formula is C13H19BrN2. The second-order valence-corrected chi connectivity index (χ2v) is 3.88. The van der Waals surface area contributed by atoms with Gasteiger partial charge < -0.3 is 4.57 Å². The van der Waals surface area contributed by atoms with Crippen LogP contribution >= 0.6 is 17.0 Å². The number of para-hydroxylation sites is 2. The minimum absolute atomic E-state index is 0. The van der Waals surface area contributed by atoms with Gasteiger partial charge in [0.25, 0.3) is 0 Å². The topological polar surface area (TPSA) is 17.8 Å². The Kier molecular flexibility index (Phi) is 5.00. The third-order valence-electron chi connectivity index (χ3n) is 2.79. The van der Waals surface area contributed by atoms with Crippen molar-refractivity contribution in [1.82, 2.24) is 9.55 Å².